The van der Waals surface area contributed by atoms with Crippen LogP contribution in [-0.2, 0) is 11.3 Å². The van der Waals surface area contributed by atoms with Gasteiger partial charge >= 0.3 is 0 Å². The van der Waals surface area contributed by atoms with E-state index < -0.39 is 0 Å². The molecule has 7 nitrogen and oxygen atoms in total. The van der Waals surface area contributed by atoms with Gasteiger partial charge in [0.25, 0.3) is 0 Å². The smallest absolute Gasteiger partial charge is 0.239 e. The fraction of sp³-hybridized carbons (Fsp3) is 0.421. The molecule has 3 N–H and O–H groups in total. The number of benzene rings is 1. The molecule has 1 heterocycles. The number of aliphatic imine (C=N–C) groups is 1. The summed E-state index contributed by atoms with van der Waals surface area (Å²) >= 11 is 0. The molecule has 0 aliphatic heterocycles. The molecule has 0 unspecified atom stereocenters. The van der Waals surface area contributed by atoms with Gasteiger partial charge in [-0.1, -0.05) is 6.07 Å². The Bertz CT molecular complexity index is 822. The molecule has 1 amide bonds. The number of aromatic nitrogens is 2. The monoisotopic (exact) mass is 374 g/mol. The van der Waals surface area contributed by atoms with Crippen molar-refractivity contribution in [1.29, 1.82) is 0 Å². The Labute approximate surface area is 159 Å². The molecule has 0 saturated heterocycles. The summed E-state index contributed by atoms with van der Waals surface area (Å²) in [7, 11) is 1.61. The molecule has 1 aromatic carbocycles. The van der Waals surface area contributed by atoms with Crippen LogP contribution >= 0.6 is 0 Å². The number of amides is 1. The predicted octanol–water partition coefficient (Wildman–Crippen LogP) is 1.90. The lowest BCUT2D eigenvalue weighted by Crippen LogP contribution is -2.48. The maximum absolute atomic E-state index is 14.4. The van der Waals surface area contributed by atoms with Crippen molar-refractivity contribution >= 4 is 11.9 Å². The summed E-state index contributed by atoms with van der Waals surface area (Å²) in [6.07, 6.45) is 3.36. The van der Waals surface area contributed by atoms with Gasteiger partial charge in [0, 0.05) is 31.5 Å². The second kappa shape index (κ2) is 8.66. The fourth-order valence-electron chi connectivity index (χ4n) is 2.52. The summed E-state index contributed by atoms with van der Waals surface area (Å²) in [5.74, 6) is 0.728. The minimum Gasteiger partial charge on any atom is -0.352 e. The minimum absolute atomic E-state index is 0.101. The Kier molecular flexibility index (Phi) is 6.55. The number of hydrogen-bond donors (Lipinski definition) is 3. The number of hydrogen-bond acceptors (Lipinski definition) is 3. The maximum Gasteiger partial charge on any atom is 0.239 e. The number of rotatable bonds is 5. The van der Waals surface area contributed by atoms with Crippen LogP contribution in [0.4, 0.5) is 4.39 Å². The molecular weight excluding hydrogens is 347 g/mol. The molecule has 2 rings (SSSR count). The fourth-order valence-corrected chi connectivity index (χ4v) is 2.52. The lowest BCUT2D eigenvalue weighted by molar-refractivity contribution is -0.121. The van der Waals surface area contributed by atoms with Gasteiger partial charge in [0.2, 0.25) is 5.91 Å². The third-order valence-electron chi connectivity index (χ3n) is 3.71. The second-order valence-electron chi connectivity index (χ2n) is 7.21. The quantitative estimate of drug-likeness (QED) is 0.551. The van der Waals surface area contributed by atoms with Crippen molar-refractivity contribution in [1.82, 2.24) is 25.5 Å². The van der Waals surface area contributed by atoms with Crippen LogP contribution in [0.2, 0.25) is 0 Å². The molecule has 0 atom stereocenters. The summed E-state index contributed by atoms with van der Waals surface area (Å²) in [6.45, 7) is 8.05. The summed E-state index contributed by atoms with van der Waals surface area (Å²) in [5, 5.41) is 8.87. The van der Waals surface area contributed by atoms with Gasteiger partial charge < -0.3 is 20.5 Å². The van der Waals surface area contributed by atoms with Crippen LogP contribution in [0.3, 0.4) is 0 Å². The van der Waals surface area contributed by atoms with Crippen LogP contribution in [0.5, 0.6) is 0 Å². The zero-order valence-electron chi connectivity index (χ0n) is 16.4. The van der Waals surface area contributed by atoms with E-state index in [-0.39, 0.29) is 23.8 Å². The van der Waals surface area contributed by atoms with Crippen molar-refractivity contribution in [2.45, 2.75) is 39.8 Å². The molecule has 27 heavy (non-hydrogen) atoms. The van der Waals surface area contributed by atoms with E-state index in [0.717, 1.165) is 11.4 Å². The Morgan fingerprint density at radius 1 is 1.30 bits per heavy atom. The van der Waals surface area contributed by atoms with Crippen LogP contribution < -0.4 is 16.0 Å². The summed E-state index contributed by atoms with van der Waals surface area (Å²) < 4.78 is 16.1. The summed E-state index contributed by atoms with van der Waals surface area (Å²) in [6, 6.07) is 5.03. The van der Waals surface area contributed by atoms with Crippen LogP contribution in [-0.4, -0.2) is 40.5 Å². The highest BCUT2D eigenvalue weighted by Gasteiger charge is 2.14. The van der Waals surface area contributed by atoms with Gasteiger partial charge in [-0.3, -0.25) is 9.79 Å². The normalized spacial score (nSPS) is 12.0. The number of nitrogens with one attached hydrogen (secondary N) is 3. The average molecular weight is 374 g/mol. The van der Waals surface area contributed by atoms with E-state index in [9.17, 15) is 9.18 Å². The van der Waals surface area contributed by atoms with Gasteiger partial charge in [-0.15, -0.1) is 0 Å². The molecule has 0 aliphatic rings. The third kappa shape index (κ3) is 6.09. The first kappa shape index (κ1) is 20.4. The van der Waals surface area contributed by atoms with Crippen molar-refractivity contribution in [3.63, 3.8) is 0 Å². The van der Waals surface area contributed by atoms with Crippen LogP contribution in [0, 0.1) is 12.7 Å². The molecule has 1 aromatic heterocycles. The van der Waals surface area contributed by atoms with Crippen LogP contribution in [0.1, 0.15) is 32.2 Å². The predicted molar refractivity (Wildman–Crippen MR) is 104 cm³/mol. The topological polar surface area (TPSA) is 83.3 Å². The van der Waals surface area contributed by atoms with E-state index in [4.69, 9.17) is 0 Å². The number of imidazole rings is 1. The summed E-state index contributed by atoms with van der Waals surface area (Å²) in [5.41, 5.74) is 0.925. The Morgan fingerprint density at radius 2 is 2.04 bits per heavy atom. The average Bonchev–Trinajstić information content (AvgIpc) is 2.99. The Morgan fingerprint density at radius 3 is 2.59 bits per heavy atom. The van der Waals surface area contributed by atoms with Crippen molar-refractivity contribution in [3.8, 4) is 5.69 Å². The van der Waals surface area contributed by atoms with Gasteiger partial charge in [-0.25, -0.2) is 9.37 Å². The zero-order valence-corrected chi connectivity index (χ0v) is 16.4. The van der Waals surface area contributed by atoms with E-state index in [0.29, 0.717) is 18.2 Å². The number of aryl methyl sites for hydroxylation is 1. The van der Waals surface area contributed by atoms with Gasteiger partial charge in [0.15, 0.2) is 5.96 Å². The first-order valence-electron chi connectivity index (χ1n) is 8.74. The highest BCUT2D eigenvalue weighted by Crippen LogP contribution is 2.16. The highest BCUT2D eigenvalue weighted by atomic mass is 19.1. The van der Waals surface area contributed by atoms with E-state index >= 15 is 0 Å². The Balaban J connectivity index is 1.92. The van der Waals surface area contributed by atoms with Crippen LogP contribution in [0.25, 0.3) is 5.69 Å². The number of guanidine groups is 1. The van der Waals surface area contributed by atoms with Gasteiger partial charge in [0.1, 0.15) is 11.6 Å². The van der Waals surface area contributed by atoms with Crippen molar-refractivity contribution in [3.05, 3.63) is 47.8 Å². The number of carbonyl (C=O) groups excluding carboxylic acids is 1. The molecule has 0 aliphatic carbocycles. The second-order valence-corrected chi connectivity index (χ2v) is 7.21. The lowest BCUT2D eigenvalue weighted by atomic mass is 10.1. The largest absolute Gasteiger partial charge is 0.352 e. The molecule has 2 aromatic rings. The molecule has 8 heteroatoms. The van der Waals surface area contributed by atoms with Crippen molar-refractivity contribution in [2.24, 2.45) is 4.99 Å². The lowest BCUT2D eigenvalue weighted by Gasteiger charge is -2.21. The van der Waals surface area contributed by atoms with E-state index in [1.54, 1.807) is 30.1 Å². The molecule has 0 fully saturated rings. The molecule has 0 radical (unpaired) electrons. The standard InChI is InChI=1S/C19H27FN6O/c1-13-22-8-9-26(13)16-7-6-14(10-15(16)20)11-23-18(21-5)24-12-17(27)25-19(2,3)4/h6-10H,11-12H2,1-5H3,(H,25,27)(H2,21,23,24). The summed E-state index contributed by atoms with van der Waals surface area (Å²) in [4.78, 5) is 20.0. The zero-order chi connectivity index (χ0) is 20.0. The molecular formula is C19H27FN6O. The first-order valence-corrected chi connectivity index (χ1v) is 8.74. The molecule has 0 bridgehead atoms. The van der Waals surface area contributed by atoms with Gasteiger partial charge in [-0.2, -0.15) is 0 Å². The molecule has 0 spiro atoms. The highest BCUT2D eigenvalue weighted by molar-refractivity contribution is 5.86. The minimum atomic E-state index is -0.331. The number of nitrogens with zero attached hydrogens (tertiary/aromatic N) is 3. The first-order chi connectivity index (χ1) is 12.7. The third-order valence-corrected chi connectivity index (χ3v) is 3.71. The van der Waals surface area contributed by atoms with E-state index in [2.05, 4.69) is 25.9 Å². The van der Waals surface area contributed by atoms with Gasteiger partial charge in [0.05, 0.1) is 12.2 Å². The Hall–Kier alpha value is -2.90. The molecule has 0 saturated carbocycles. The number of halogens is 1. The van der Waals surface area contributed by atoms with Crippen LogP contribution in [0.15, 0.2) is 35.6 Å². The van der Waals surface area contributed by atoms with Gasteiger partial charge in [-0.05, 0) is 45.4 Å². The molecule has 146 valence electrons. The number of carbonyl (C=O) groups is 1. The van der Waals surface area contributed by atoms with E-state index in [1.807, 2.05) is 33.8 Å². The van der Waals surface area contributed by atoms with Crippen molar-refractivity contribution in [2.75, 3.05) is 13.6 Å². The SMILES string of the molecule is CN=C(NCC(=O)NC(C)(C)C)NCc1ccc(-n2ccnc2C)c(F)c1. The maximum atomic E-state index is 14.4. The van der Waals surface area contributed by atoms with Crippen molar-refractivity contribution < 1.29 is 9.18 Å². The van der Waals surface area contributed by atoms with E-state index in [1.165, 1.54) is 6.07 Å².